The van der Waals surface area contributed by atoms with Crippen LogP contribution in [0.2, 0.25) is 0 Å². The fourth-order valence-corrected chi connectivity index (χ4v) is 6.70. The number of H-pyrrole nitrogens is 3. The van der Waals surface area contributed by atoms with Crippen LogP contribution in [0.25, 0.3) is 32.7 Å². The summed E-state index contributed by atoms with van der Waals surface area (Å²) in [5.41, 5.74) is 25.2. The molecule has 0 radical (unpaired) electrons. The van der Waals surface area contributed by atoms with Crippen LogP contribution in [0.5, 0.6) is 0 Å². The third-order valence-corrected chi connectivity index (χ3v) is 10.3. The highest BCUT2D eigenvalue weighted by Gasteiger charge is 2.22. The number of amides is 6. The van der Waals surface area contributed by atoms with E-state index in [1.54, 1.807) is 72.8 Å². The van der Waals surface area contributed by atoms with Crippen molar-refractivity contribution in [2.24, 2.45) is 34.6 Å². The fourth-order valence-electron chi connectivity index (χ4n) is 6.70. The van der Waals surface area contributed by atoms with Gasteiger partial charge in [0.15, 0.2) is 11.6 Å². The van der Waals surface area contributed by atoms with Gasteiger partial charge in [0.05, 0.1) is 12.1 Å². The van der Waals surface area contributed by atoms with Crippen LogP contribution in [0.3, 0.4) is 0 Å². The van der Waals surface area contributed by atoms with Gasteiger partial charge in [0.1, 0.15) is 17.1 Å². The average molecular weight is 862 g/mol. The SMILES string of the molecule is NC(=O)CC[C@H](N)C(=O)CCN(N)C(=O)c1cc2ccc(NC(=O)c3ccc4[nH]c(C(=O)Nc5ccc6cc(C(=O)N(N)CCC(=O)[C@@H](N)CCC(N)=O)[nH]c6c5)cc4c3)cc2[nH]1. The Balaban J connectivity index is 1.03. The van der Waals surface area contributed by atoms with Crippen molar-refractivity contribution in [2.75, 3.05) is 23.7 Å². The molecule has 0 spiro atoms. The van der Waals surface area contributed by atoms with E-state index in [4.69, 9.17) is 34.6 Å². The summed E-state index contributed by atoms with van der Waals surface area (Å²) in [5.74, 6) is 8.00. The molecule has 0 aliphatic carbocycles. The van der Waals surface area contributed by atoms with Gasteiger partial charge in [0.2, 0.25) is 11.8 Å². The Bertz CT molecular complexity index is 2620. The second-order valence-electron chi connectivity index (χ2n) is 15.0. The summed E-state index contributed by atoms with van der Waals surface area (Å²) in [7, 11) is 0. The van der Waals surface area contributed by atoms with Crippen molar-refractivity contribution in [3.8, 4) is 0 Å². The molecule has 3 heterocycles. The van der Waals surface area contributed by atoms with E-state index >= 15 is 0 Å². The van der Waals surface area contributed by atoms with Gasteiger partial charge in [-0.15, -0.1) is 0 Å². The standard InChI is InChI=1S/C42H47N13O8/c43-27(6-9-37(45)58)35(56)11-13-54(47)41(62)33-16-21-1-4-25(19-30(21)52-33)49-39(60)23-3-8-29-24(15-23)18-32(51-29)40(61)50-26-5-2-22-17-34(53-31(22)20-26)42(63)55(48)14-12-36(57)28(44)7-10-38(46)59/h1-5,8,15-20,27-28,51-53H,6-7,9-14,43-44,47-48H2,(H2,45,58)(H2,46,59)(H,49,60)(H,50,61)/t27-,28-/m0/s1. The molecule has 6 amide bonds. The van der Waals surface area contributed by atoms with E-state index in [0.29, 0.717) is 49.6 Å². The molecular weight excluding hydrogens is 815 g/mol. The fraction of sp³-hybridized carbons (Fsp3) is 0.238. The Morgan fingerprint density at radius 2 is 0.952 bits per heavy atom. The van der Waals surface area contributed by atoms with E-state index in [2.05, 4.69) is 25.6 Å². The number of Topliss-reactive ketones (excluding diaryl/α,β-unsaturated/α-hetero) is 2. The highest BCUT2D eigenvalue weighted by atomic mass is 16.2. The van der Waals surface area contributed by atoms with Crippen molar-refractivity contribution in [1.82, 2.24) is 25.0 Å². The number of carbonyl (C=O) groups is 8. The zero-order chi connectivity index (χ0) is 45.5. The second-order valence-corrected chi connectivity index (χ2v) is 15.0. The van der Waals surface area contributed by atoms with Crippen LogP contribution in [0.4, 0.5) is 11.4 Å². The van der Waals surface area contributed by atoms with Crippen LogP contribution in [-0.4, -0.2) is 97.2 Å². The average Bonchev–Trinajstić information content (AvgIpc) is 4.01. The van der Waals surface area contributed by atoms with Crippen LogP contribution < -0.4 is 45.3 Å². The van der Waals surface area contributed by atoms with Crippen LogP contribution >= 0.6 is 0 Å². The van der Waals surface area contributed by atoms with Gasteiger partial charge in [-0.3, -0.25) is 48.4 Å². The summed E-state index contributed by atoms with van der Waals surface area (Å²) in [5, 5.41) is 9.38. The third kappa shape index (κ3) is 11.2. The first-order valence-corrected chi connectivity index (χ1v) is 19.7. The van der Waals surface area contributed by atoms with Crippen molar-refractivity contribution in [3.63, 3.8) is 0 Å². The molecule has 3 aromatic carbocycles. The largest absolute Gasteiger partial charge is 0.370 e. The van der Waals surface area contributed by atoms with Crippen LogP contribution in [-0.2, 0) is 19.2 Å². The van der Waals surface area contributed by atoms with Gasteiger partial charge in [-0.2, -0.15) is 0 Å². The zero-order valence-electron chi connectivity index (χ0n) is 33.9. The van der Waals surface area contributed by atoms with E-state index in [9.17, 15) is 38.4 Å². The van der Waals surface area contributed by atoms with E-state index in [0.717, 1.165) is 10.0 Å². The van der Waals surface area contributed by atoms with Gasteiger partial charge in [-0.05, 0) is 73.5 Å². The lowest BCUT2D eigenvalue weighted by atomic mass is 10.1. The number of rotatable bonds is 20. The zero-order valence-corrected chi connectivity index (χ0v) is 33.9. The summed E-state index contributed by atoms with van der Waals surface area (Å²) >= 11 is 0. The van der Waals surface area contributed by atoms with Crippen LogP contribution in [0.1, 0.15) is 80.3 Å². The lowest BCUT2D eigenvalue weighted by Crippen LogP contribution is -2.41. The number of aromatic nitrogens is 3. The van der Waals surface area contributed by atoms with E-state index in [1.807, 2.05) is 0 Å². The minimum Gasteiger partial charge on any atom is -0.370 e. The number of carbonyl (C=O) groups excluding carboxylic acids is 8. The van der Waals surface area contributed by atoms with Gasteiger partial charge in [0.25, 0.3) is 23.6 Å². The van der Waals surface area contributed by atoms with Gasteiger partial charge in [-0.25, -0.2) is 11.7 Å². The number of ketones is 2. The number of hydrogen-bond acceptors (Lipinski definition) is 12. The molecule has 0 aliphatic heterocycles. The molecule has 6 aromatic rings. The minimum atomic E-state index is -0.897. The smallest absolute Gasteiger partial charge is 0.284 e. The Labute approximate surface area is 358 Å². The monoisotopic (exact) mass is 861 g/mol. The van der Waals surface area contributed by atoms with E-state index < -0.39 is 47.5 Å². The molecule has 0 bridgehead atoms. The van der Waals surface area contributed by atoms with Crippen LogP contribution in [0, 0.1) is 0 Å². The predicted octanol–water partition coefficient (Wildman–Crippen LogP) is 1.37. The summed E-state index contributed by atoms with van der Waals surface area (Å²) in [6.45, 7) is -0.203. The van der Waals surface area contributed by atoms with Gasteiger partial charge in [-0.1, -0.05) is 12.1 Å². The summed E-state index contributed by atoms with van der Waals surface area (Å²) in [6, 6.07) is 18.0. The number of fused-ring (bicyclic) bond motifs is 3. The lowest BCUT2D eigenvalue weighted by molar-refractivity contribution is -0.122. The molecule has 0 aliphatic rings. The molecule has 2 atom stereocenters. The maximum Gasteiger partial charge on any atom is 0.284 e. The van der Waals surface area contributed by atoms with E-state index in [-0.39, 0.29) is 80.3 Å². The Morgan fingerprint density at radius 3 is 1.43 bits per heavy atom. The molecule has 0 fully saturated rings. The van der Waals surface area contributed by atoms with Crippen molar-refractivity contribution in [2.45, 2.75) is 50.6 Å². The number of benzene rings is 3. The third-order valence-electron chi connectivity index (χ3n) is 10.3. The van der Waals surface area contributed by atoms with E-state index in [1.165, 1.54) is 0 Å². The van der Waals surface area contributed by atoms with Gasteiger partial charge >= 0.3 is 0 Å². The molecule has 21 heteroatoms. The number of primary amides is 2. The molecule has 6 rings (SSSR count). The number of aromatic amines is 3. The lowest BCUT2D eigenvalue weighted by Gasteiger charge is -2.16. The van der Waals surface area contributed by atoms with Crippen molar-refractivity contribution >= 4 is 91.1 Å². The molecule has 328 valence electrons. The molecule has 0 unspecified atom stereocenters. The normalized spacial score (nSPS) is 12.2. The maximum atomic E-state index is 13.3. The molecule has 17 N–H and O–H groups in total. The highest BCUT2D eigenvalue weighted by Crippen LogP contribution is 2.25. The Morgan fingerprint density at radius 1 is 0.508 bits per heavy atom. The number of hydrogen-bond donors (Lipinski definition) is 11. The summed E-state index contributed by atoms with van der Waals surface area (Å²) in [6.07, 6.45) is -0.0714. The molecular formula is C42H47N13O8. The Kier molecular flexibility index (Phi) is 13.8. The maximum absolute atomic E-state index is 13.3. The molecule has 3 aromatic heterocycles. The number of hydrazine groups is 2. The Hall–Kier alpha value is -7.72. The molecule has 63 heavy (non-hydrogen) atoms. The van der Waals surface area contributed by atoms with Crippen LogP contribution in [0.15, 0.2) is 72.8 Å². The van der Waals surface area contributed by atoms with Crippen molar-refractivity contribution < 1.29 is 38.4 Å². The molecule has 0 saturated carbocycles. The molecule has 0 saturated heterocycles. The number of nitrogens with two attached hydrogens (primary N) is 6. The second kappa shape index (κ2) is 19.3. The first kappa shape index (κ1) is 44.8. The first-order chi connectivity index (χ1) is 29.9. The van der Waals surface area contributed by atoms with Crippen molar-refractivity contribution in [1.29, 1.82) is 0 Å². The number of anilines is 2. The van der Waals surface area contributed by atoms with Gasteiger partial charge in [0, 0.05) is 88.4 Å². The highest BCUT2D eigenvalue weighted by molar-refractivity contribution is 6.10. The predicted molar refractivity (Wildman–Crippen MR) is 233 cm³/mol. The summed E-state index contributed by atoms with van der Waals surface area (Å²) < 4.78 is 0. The summed E-state index contributed by atoms with van der Waals surface area (Å²) in [4.78, 5) is 108. The van der Waals surface area contributed by atoms with Gasteiger partial charge < -0.3 is 48.5 Å². The minimum absolute atomic E-state index is 0.0303. The molecule has 21 nitrogen and oxygen atoms in total. The van der Waals surface area contributed by atoms with Crippen molar-refractivity contribution in [3.05, 3.63) is 95.4 Å². The quantitative estimate of drug-likeness (QED) is 0.0295. The topological polar surface area (TPSA) is 371 Å². The number of nitrogens with zero attached hydrogens (tertiary/aromatic N) is 2. The number of nitrogens with one attached hydrogen (secondary N) is 5. The first-order valence-electron chi connectivity index (χ1n) is 19.7.